The molecule has 3 rings (SSSR count). The SMILES string of the molecule is COC(=O)c1ccc(Cl)c(Cn2cnc3ccccc32)c1. The molecule has 0 radical (unpaired) electrons. The van der Waals surface area contributed by atoms with E-state index < -0.39 is 0 Å². The molecule has 0 bridgehead atoms. The van der Waals surface area contributed by atoms with Crippen molar-refractivity contribution in [2.45, 2.75) is 6.54 Å². The predicted octanol–water partition coefficient (Wildman–Crippen LogP) is 3.52. The fraction of sp³-hybridized carbons (Fsp3) is 0.125. The van der Waals surface area contributed by atoms with Crippen molar-refractivity contribution in [2.75, 3.05) is 7.11 Å². The topological polar surface area (TPSA) is 44.1 Å². The Morgan fingerprint density at radius 3 is 2.90 bits per heavy atom. The first-order valence-electron chi connectivity index (χ1n) is 6.45. The summed E-state index contributed by atoms with van der Waals surface area (Å²) in [6, 6.07) is 13.0. The summed E-state index contributed by atoms with van der Waals surface area (Å²) in [7, 11) is 1.36. The molecular formula is C16H13ClN2O2. The Bertz CT molecular complexity index is 811. The summed E-state index contributed by atoms with van der Waals surface area (Å²) in [5.41, 5.74) is 3.29. The molecule has 3 aromatic rings. The zero-order valence-electron chi connectivity index (χ0n) is 11.4. The second kappa shape index (κ2) is 5.58. The smallest absolute Gasteiger partial charge is 0.337 e. The first kappa shape index (κ1) is 13.6. The zero-order chi connectivity index (χ0) is 14.8. The highest BCUT2D eigenvalue weighted by molar-refractivity contribution is 6.31. The third kappa shape index (κ3) is 2.62. The second-order valence-electron chi connectivity index (χ2n) is 4.66. The summed E-state index contributed by atoms with van der Waals surface area (Å²) in [5.74, 6) is -0.372. The molecule has 2 aromatic carbocycles. The van der Waals surface area contributed by atoms with Crippen LogP contribution in [0.2, 0.25) is 5.02 Å². The molecule has 0 N–H and O–H groups in total. The molecule has 0 aliphatic heterocycles. The highest BCUT2D eigenvalue weighted by Crippen LogP contribution is 2.21. The first-order chi connectivity index (χ1) is 10.2. The van der Waals surface area contributed by atoms with Gasteiger partial charge in [-0.1, -0.05) is 23.7 Å². The van der Waals surface area contributed by atoms with Gasteiger partial charge in [0.25, 0.3) is 0 Å². The molecule has 1 aromatic heterocycles. The standard InChI is InChI=1S/C16H13ClN2O2/c1-21-16(20)11-6-7-13(17)12(8-11)9-19-10-18-14-4-2-3-5-15(14)19/h2-8,10H,9H2,1H3. The molecule has 1 heterocycles. The van der Waals surface area contributed by atoms with Gasteiger partial charge in [0.2, 0.25) is 0 Å². The number of halogens is 1. The van der Waals surface area contributed by atoms with Crippen LogP contribution in [0.1, 0.15) is 15.9 Å². The Labute approximate surface area is 126 Å². The molecule has 0 amide bonds. The first-order valence-corrected chi connectivity index (χ1v) is 6.83. The number of aromatic nitrogens is 2. The molecule has 4 nitrogen and oxygen atoms in total. The molecule has 0 spiro atoms. The Kier molecular flexibility index (Phi) is 3.62. The maximum Gasteiger partial charge on any atom is 0.337 e. The summed E-state index contributed by atoms with van der Waals surface area (Å²) >= 11 is 6.23. The van der Waals surface area contributed by atoms with Crippen LogP contribution in [0.15, 0.2) is 48.8 Å². The van der Waals surface area contributed by atoms with Gasteiger partial charge < -0.3 is 9.30 Å². The number of ether oxygens (including phenoxy) is 1. The number of imidazole rings is 1. The summed E-state index contributed by atoms with van der Waals surface area (Å²) in [6.07, 6.45) is 1.77. The van der Waals surface area contributed by atoms with Crippen LogP contribution in [-0.2, 0) is 11.3 Å². The van der Waals surface area contributed by atoms with Crippen LogP contribution in [0, 0.1) is 0 Å². The number of rotatable bonds is 3. The van der Waals surface area contributed by atoms with Crippen molar-refractivity contribution in [3.05, 3.63) is 64.9 Å². The fourth-order valence-corrected chi connectivity index (χ4v) is 2.44. The van der Waals surface area contributed by atoms with E-state index in [1.807, 2.05) is 28.8 Å². The number of esters is 1. The number of benzene rings is 2. The summed E-state index contributed by atoms with van der Waals surface area (Å²) in [4.78, 5) is 16.0. The van der Waals surface area contributed by atoms with Crippen LogP contribution in [0.5, 0.6) is 0 Å². The van der Waals surface area contributed by atoms with Crippen LogP contribution >= 0.6 is 11.6 Å². The molecule has 5 heteroatoms. The number of carbonyl (C=O) groups is 1. The van der Waals surface area contributed by atoms with Crippen LogP contribution in [-0.4, -0.2) is 22.6 Å². The fourth-order valence-electron chi connectivity index (χ4n) is 2.26. The average molecular weight is 301 g/mol. The van der Waals surface area contributed by atoms with Crippen molar-refractivity contribution in [3.63, 3.8) is 0 Å². The average Bonchev–Trinajstić information content (AvgIpc) is 2.92. The maximum atomic E-state index is 11.6. The van der Waals surface area contributed by atoms with Crippen LogP contribution in [0.4, 0.5) is 0 Å². The van der Waals surface area contributed by atoms with Gasteiger partial charge in [-0.25, -0.2) is 9.78 Å². The number of methoxy groups -OCH3 is 1. The van der Waals surface area contributed by atoms with E-state index in [1.165, 1.54) is 7.11 Å². The van der Waals surface area contributed by atoms with E-state index in [0.29, 0.717) is 17.1 Å². The monoisotopic (exact) mass is 300 g/mol. The minimum absolute atomic E-state index is 0.372. The van der Waals surface area contributed by atoms with Crippen molar-refractivity contribution in [2.24, 2.45) is 0 Å². The van der Waals surface area contributed by atoms with Crippen LogP contribution in [0.25, 0.3) is 11.0 Å². The largest absolute Gasteiger partial charge is 0.465 e. The van der Waals surface area contributed by atoms with Gasteiger partial charge in [0.05, 0.1) is 36.6 Å². The van der Waals surface area contributed by atoms with E-state index in [9.17, 15) is 4.79 Å². The summed E-state index contributed by atoms with van der Waals surface area (Å²) in [5, 5.41) is 0.612. The Hall–Kier alpha value is -2.33. The Balaban J connectivity index is 1.99. The van der Waals surface area contributed by atoms with E-state index in [-0.39, 0.29) is 5.97 Å². The normalized spacial score (nSPS) is 10.8. The van der Waals surface area contributed by atoms with Gasteiger partial charge in [-0.3, -0.25) is 0 Å². The van der Waals surface area contributed by atoms with Gasteiger partial charge in [0.1, 0.15) is 0 Å². The van der Waals surface area contributed by atoms with E-state index in [0.717, 1.165) is 16.6 Å². The zero-order valence-corrected chi connectivity index (χ0v) is 12.2. The molecule has 106 valence electrons. The Morgan fingerprint density at radius 1 is 1.29 bits per heavy atom. The van der Waals surface area contributed by atoms with Crippen molar-refractivity contribution >= 4 is 28.6 Å². The van der Waals surface area contributed by atoms with E-state index in [1.54, 1.807) is 24.5 Å². The number of para-hydroxylation sites is 2. The molecular weight excluding hydrogens is 288 g/mol. The molecule has 0 unspecified atom stereocenters. The highest BCUT2D eigenvalue weighted by atomic mass is 35.5. The van der Waals surface area contributed by atoms with Crippen molar-refractivity contribution < 1.29 is 9.53 Å². The number of nitrogens with zero attached hydrogens (tertiary/aromatic N) is 2. The quantitative estimate of drug-likeness (QED) is 0.695. The van der Waals surface area contributed by atoms with Crippen molar-refractivity contribution in [1.29, 1.82) is 0 Å². The molecule has 0 fully saturated rings. The third-order valence-electron chi connectivity index (χ3n) is 3.33. The van der Waals surface area contributed by atoms with Gasteiger partial charge in [0.15, 0.2) is 0 Å². The molecule has 0 saturated carbocycles. The van der Waals surface area contributed by atoms with Gasteiger partial charge in [0, 0.05) is 5.02 Å². The molecule has 21 heavy (non-hydrogen) atoms. The van der Waals surface area contributed by atoms with Gasteiger partial charge in [-0.2, -0.15) is 0 Å². The lowest BCUT2D eigenvalue weighted by Crippen LogP contribution is -2.04. The Morgan fingerprint density at radius 2 is 2.10 bits per heavy atom. The van der Waals surface area contributed by atoms with E-state index >= 15 is 0 Å². The molecule has 0 aliphatic rings. The van der Waals surface area contributed by atoms with Gasteiger partial charge >= 0.3 is 5.97 Å². The molecule has 0 aliphatic carbocycles. The highest BCUT2D eigenvalue weighted by Gasteiger charge is 2.10. The lowest BCUT2D eigenvalue weighted by molar-refractivity contribution is 0.0600. The van der Waals surface area contributed by atoms with E-state index in [4.69, 9.17) is 16.3 Å². The number of carbonyl (C=O) groups excluding carboxylic acids is 1. The minimum atomic E-state index is -0.372. The third-order valence-corrected chi connectivity index (χ3v) is 3.70. The number of hydrogen-bond donors (Lipinski definition) is 0. The second-order valence-corrected chi connectivity index (χ2v) is 5.07. The minimum Gasteiger partial charge on any atom is -0.465 e. The molecule has 0 atom stereocenters. The van der Waals surface area contributed by atoms with Gasteiger partial charge in [-0.05, 0) is 35.9 Å². The number of fused-ring (bicyclic) bond motifs is 1. The van der Waals surface area contributed by atoms with Crippen molar-refractivity contribution in [1.82, 2.24) is 9.55 Å². The van der Waals surface area contributed by atoms with E-state index in [2.05, 4.69) is 4.98 Å². The van der Waals surface area contributed by atoms with Crippen LogP contribution < -0.4 is 0 Å². The lowest BCUT2D eigenvalue weighted by atomic mass is 10.1. The molecule has 0 saturated heterocycles. The summed E-state index contributed by atoms with van der Waals surface area (Å²) in [6.45, 7) is 0.546. The lowest BCUT2D eigenvalue weighted by Gasteiger charge is -2.08. The van der Waals surface area contributed by atoms with Gasteiger partial charge in [-0.15, -0.1) is 0 Å². The maximum absolute atomic E-state index is 11.6. The van der Waals surface area contributed by atoms with Crippen LogP contribution in [0.3, 0.4) is 0 Å². The predicted molar refractivity (Wildman–Crippen MR) is 81.6 cm³/mol. The summed E-state index contributed by atoms with van der Waals surface area (Å²) < 4.78 is 6.73. The van der Waals surface area contributed by atoms with Crippen molar-refractivity contribution in [3.8, 4) is 0 Å². The number of hydrogen-bond acceptors (Lipinski definition) is 3.